The molecule has 0 rings (SSSR count). The highest BCUT2D eigenvalue weighted by Gasteiger charge is 2.20. The third kappa shape index (κ3) is 65.7. The molecule has 3 N–H and O–H groups in total. The van der Waals surface area contributed by atoms with Crippen LogP contribution in [0.25, 0.3) is 0 Å². The van der Waals surface area contributed by atoms with Crippen LogP contribution in [0.3, 0.4) is 0 Å². The molecule has 0 aliphatic carbocycles. The molecule has 0 saturated heterocycles. The minimum atomic E-state index is -0.660. The third-order valence-electron chi connectivity index (χ3n) is 17.6. The number of rotatable bonds is 70. The number of carbonyl (C=O) groups is 2. The molecule has 80 heavy (non-hydrogen) atoms. The Morgan fingerprint density at radius 2 is 0.588 bits per heavy atom. The normalized spacial score (nSPS) is 12.5. The van der Waals surface area contributed by atoms with E-state index in [-0.39, 0.29) is 18.5 Å². The number of aliphatic hydroxyl groups is 2. The van der Waals surface area contributed by atoms with Crippen molar-refractivity contribution in [2.24, 2.45) is 0 Å². The molecule has 0 heterocycles. The van der Waals surface area contributed by atoms with E-state index < -0.39 is 12.1 Å². The van der Waals surface area contributed by atoms with Crippen molar-refractivity contribution in [3.63, 3.8) is 0 Å². The van der Waals surface area contributed by atoms with Gasteiger partial charge in [0.25, 0.3) is 0 Å². The van der Waals surface area contributed by atoms with Crippen LogP contribution < -0.4 is 5.32 Å². The zero-order chi connectivity index (χ0) is 57.8. The zero-order valence-corrected chi connectivity index (χ0v) is 54.6. The predicted octanol–water partition coefficient (Wildman–Crippen LogP) is 23.9. The molecule has 0 aromatic carbocycles. The van der Waals surface area contributed by atoms with Gasteiger partial charge in [-0.25, -0.2) is 0 Å². The summed E-state index contributed by atoms with van der Waals surface area (Å²) in [6.07, 6.45) is 87.1. The lowest BCUT2D eigenvalue weighted by Crippen LogP contribution is -2.45. The van der Waals surface area contributed by atoms with Crippen molar-refractivity contribution >= 4 is 11.9 Å². The van der Waals surface area contributed by atoms with Crippen molar-refractivity contribution in [1.29, 1.82) is 0 Å². The fourth-order valence-corrected chi connectivity index (χ4v) is 11.9. The summed E-state index contributed by atoms with van der Waals surface area (Å²) in [5, 5.41) is 23.3. The van der Waals surface area contributed by atoms with E-state index in [1.165, 1.54) is 353 Å². The van der Waals surface area contributed by atoms with Gasteiger partial charge >= 0.3 is 5.97 Å². The van der Waals surface area contributed by atoms with Crippen molar-refractivity contribution in [3.05, 3.63) is 12.2 Å². The highest BCUT2D eigenvalue weighted by Crippen LogP contribution is 2.20. The molecule has 0 aliphatic rings. The molecule has 1 amide bonds. The highest BCUT2D eigenvalue weighted by atomic mass is 16.5. The van der Waals surface area contributed by atoms with Gasteiger partial charge in [0.05, 0.1) is 25.4 Å². The van der Waals surface area contributed by atoms with Crippen LogP contribution in [0.2, 0.25) is 0 Å². The van der Waals surface area contributed by atoms with E-state index in [1.807, 2.05) is 0 Å². The molecular weight excluding hydrogens is 983 g/mol. The summed E-state index contributed by atoms with van der Waals surface area (Å²) in [5.41, 5.74) is 0. The molecule has 0 spiro atoms. The number of aliphatic hydroxyl groups excluding tert-OH is 2. The Morgan fingerprint density at radius 3 is 0.887 bits per heavy atom. The van der Waals surface area contributed by atoms with Gasteiger partial charge in [-0.1, -0.05) is 373 Å². The standard InChI is InChI=1S/C74H145NO5/c1-3-5-7-9-11-13-15-17-19-20-37-40-44-48-52-56-60-64-68-74(79)80-69-65-61-57-53-49-45-41-38-35-33-31-29-27-25-23-21-22-24-26-28-30-32-34-36-39-43-47-51-55-59-63-67-73(78)75-71(70-76)72(77)66-62-58-54-50-46-42-18-16-14-12-10-8-6-4-2/h19-20,71-72,76-77H,3-18,21-70H2,1-2H3,(H,75,78)/b20-19-. The maximum absolute atomic E-state index is 12.5. The smallest absolute Gasteiger partial charge is 0.305 e. The summed E-state index contributed by atoms with van der Waals surface area (Å²) < 4.78 is 5.51. The van der Waals surface area contributed by atoms with Crippen LogP contribution in [0.15, 0.2) is 12.2 Å². The minimum absolute atomic E-state index is 0.0188. The van der Waals surface area contributed by atoms with E-state index in [0.29, 0.717) is 25.9 Å². The number of hydrogen-bond acceptors (Lipinski definition) is 5. The van der Waals surface area contributed by atoms with Gasteiger partial charge in [0.1, 0.15) is 0 Å². The van der Waals surface area contributed by atoms with Crippen LogP contribution >= 0.6 is 0 Å². The number of nitrogens with one attached hydrogen (secondary N) is 1. The van der Waals surface area contributed by atoms with Gasteiger partial charge in [0.15, 0.2) is 0 Å². The largest absolute Gasteiger partial charge is 0.466 e. The van der Waals surface area contributed by atoms with Crippen LogP contribution in [-0.2, 0) is 14.3 Å². The van der Waals surface area contributed by atoms with Crippen LogP contribution in [0.4, 0.5) is 0 Å². The van der Waals surface area contributed by atoms with Crippen LogP contribution in [-0.4, -0.2) is 47.4 Å². The maximum atomic E-state index is 12.5. The van der Waals surface area contributed by atoms with E-state index in [9.17, 15) is 19.8 Å². The molecule has 2 unspecified atom stereocenters. The van der Waals surface area contributed by atoms with Gasteiger partial charge in [0, 0.05) is 12.8 Å². The van der Waals surface area contributed by atoms with Crippen molar-refractivity contribution in [2.75, 3.05) is 13.2 Å². The summed E-state index contributed by atoms with van der Waals surface area (Å²) in [6, 6.07) is -0.537. The first-order valence-corrected chi connectivity index (χ1v) is 36.9. The molecule has 6 heteroatoms. The fourth-order valence-electron chi connectivity index (χ4n) is 11.9. The van der Waals surface area contributed by atoms with E-state index in [2.05, 4.69) is 31.3 Å². The van der Waals surface area contributed by atoms with Gasteiger partial charge in [-0.15, -0.1) is 0 Å². The van der Waals surface area contributed by atoms with Crippen molar-refractivity contribution in [2.45, 2.75) is 437 Å². The second-order valence-electron chi connectivity index (χ2n) is 25.6. The molecule has 0 aromatic rings. The van der Waals surface area contributed by atoms with Crippen LogP contribution in [0.5, 0.6) is 0 Å². The topological polar surface area (TPSA) is 95.9 Å². The average Bonchev–Trinajstić information content (AvgIpc) is 3.46. The van der Waals surface area contributed by atoms with Crippen molar-refractivity contribution in [1.82, 2.24) is 5.32 Å². The SMILES string of the molecule is CCCCCCCCC/C=C\CCCCCCCCCC(=O)OCCCCCCCCCCCCCCCCCCCCCCCCCCCCCCCCCC(=O)NC(CO)C(O)CCCCCCCCCCCCCCCC. The molecule has 476 valence electrons. The second-order valence-corrected chi connectivity index (χ2v) is 25.6. The molecule has 0 saturated carbocycles. The quantitative estimate of drug-likeness (QED) is 0.0320. The third-order valence-corrected chi connectivity index (χ3v) is 17.6. The first-order chi connectivity index (χ1) is 39.5. The summed E-state index contributed by atoms with van der Waals surface area (Å²) in [6.45, 7) is 4.99. The van der Waals surface area contributed by atoms with Crippen LogP contribution in [0, 0.1) is 0 Å². The van der Waals surface area contributed by atoms with Gasteiger partial charge in [0.2, 0.25) is 5.91 Å². The summed E-state index contributed by atoms with van der Waals surface area (Å²) in [5.74, 6) is -0.00879. The Morgan fingerprint density at radius 1 is 0.338 bits per heavy atom. The highest BCUT2D eigenvalue weighted by molar-refractivity contribution is 5.76. The molecule has 2 atom stereocenters. The van der Waals surface area contributed by atoms with Gasteiger partial charge in [-0.2, -0.15) is 0 Å². The Kier molecular flexibility index (Phi) is 68.9. The molecule has 0 aliphatic heterocycles. The van der Waals surface area contributed by atoms with Gasteiger partial charge in [-0.05, 0) is 51.4 Å². The fraction of sp³-hybridized carbons (Fsp3) is 0.946. The maximum Gasteiger partial charge on any atom is 0.305 e. The van der Waals surface area contributed by atoms with Gasteiger partial charge in [-0.3, -0.25) is 9.59 Å². The van der Waals surface area contributed by atoms with E-state index in [4.69, 9.17) is 4.74 Å². The monoisotopic (exact) mass is 1130 g/mol. The average molecular weight is 1130 g/mol. The van der Waals surface area contributed by atoms with Crippen LogP contribution in [0.1, 0.15) is 425 Å². The van der Waals surface area contributed by atoms with Crippen molar-refractivity contribution in [3.8, 4) is 0 Å². The second kappa shape index (κ2) is 70.1. The molecule has 0 aromatic heterocycles. The number of hydrogen-bond donors (Lipinski definition) is 3. The van der Waals surface area contributed by atoms with Crippen molar-refractivity contribution < 1.29 is 24.5 Å². The van der Waals surface area contributed by atoms with E-state index in [1.54, 1.807) is 0 Å². The first-order valence-electron chi connectivity index (χ1n) is 36.9. The molecular formula is C74H145NO5. The number of amides is 1. The molecule has 0 fully saturated rings. The number of ether oxygens (including phenoxy) is 1. The first kappa shape index (κ1) is 78.6. The lowest BCUT2D eigenvalue weighted by molar-refractivity contribution is -0.143. The van der Waals surface area contributed by atoms with E-state index >= 15 is 0 Å². The minimum Gasteiger partial charge on any atom is -0.466 e. The Labute approximate surface area is 501 Å². The number of allylic oxidation sites excluding steroid dienone is 2. The Bertz CT molecular complexity index is 1210. The number of esters is 1. The van der Waals surface area contributed by atoms with E-state index in [0.717, 1.165) is 38.5 Å². The summed E-state index contributed by atoms with van der Waals surface area (Å²) in [4.78, 5) is 24.6. The molecule has 0 bridgehead atoms. The Balaban J connectivity index is 3.30. The van der Waals surface area contributed by atoms with Gasteiger partial charge < -0.3 is 20.3 Å². The number of unbranched alkanes of at least 4 members (excludes halogenated alkanes) is 57. The molecule has 0 radical (unpaired) electrons. The predicted molar refractivity (Wildman–Crippen MR) is 352 cm³/mol. The lowest BCUT2D eigenvalue weighted by Gasteiger charge is -2.22. The number of carbonyl (C=O) groups excluding carboxylic acids is 2. The summed E-state index contributed by atoms with van der Waals surface area (Å²) in [7, 11) is 0. The lowest BCUT2D eigenvalue weighted by atomic mass is 10.0. The zero-order valence-electron chi connectivity index (χ0n) is 54.6. The Hall–Kier alpha value is -1.40. The molecule has 6 nitrogen and oxygen atoms in total. The summed E-state index contributed by atoms with van der Waals surface area (Å²) >= 11 is 0.